The van der Waals surface area contributed by atoms with Crippen LogP contribution in [0.1, 0.15) is 11.7 Å². The van der Waals surface area contributed by atoms with Gasteiger partial charge < -0.3 is 14.8 Å². The Kier molecular flexibility index (Phi) is 5.73. The molecule has 1 N–H and O–H groups in total. The van der Waals surface area contributed by atoms with Gasteiger partial charge in [-0.2, -0.15) is 0 Å². The fourth-order valence-electron chi connectivity index (χ4n) is 3.39. The topological polar surface area (TPSA) is 30.5 Å². The fraction of sp³-hybridized carbons (Fsp3) is 0.217. The van der Waals surface area contributed by atoms with Crippen LogP contribution in [0.2, 0.25) is 5.02 Å². The van der Waals surface area contributed by atoms with Gasteiger partial charge in [-0.05, 0) is 17.7 Å². The molecule has 0 saturated carbocycles. The molecule has 4 heteroatoms. The lowest BCUT2D eigenvalue weighted by Crippen LogP contribution is -2.43. The quantitative estimate of drug-likeness (QED) is 0.667. The highest BCUT2D eigenvalue weighted by Crippen LogP contribution is 2.37. The zero-order valence-electron chi connectivity index (χ0n) is 15.0. The summed E-state index contributed by atoms with van der Waals surface area (Å²) < 4.78 is 12.6. The second-order valence-corrected chi connectivity index (χ2v) is 6.95. The van der Waals surface area contributed by atoms with E-state index in [1.165, 1.54) is 0 Å². The zero-order valence-corrected chi connectivity index (χ0v) is 15.7. The smallest absolute Gasteiger partial charge is 0.151 e. The lowest BCUT2D eigenvalue weighted by Gasteiger charge is -2.32. The number of hydrogen-bond acceptors (Lipinski definition) is 3. The zero-order chi connectivity index (χ0) is 18.5. The van der Waals surface area contributed by atoms with Crippen molar-refractivity contribution in [2.24, 2.45) is 0 Å². The molecule has 1 fully saturated rings. The Morgan fingerprint density at radius 3 is 2.33 bits per heavy atom. The van der Waals surface area contributed by atoms with Gasteiger partial charge in [0.15, 0.2) is 6.10 Å². The van der Waals surface area contributed by atoms with E-state index in [1.807, 2.05) is 66.7 Å². The summed E-state index contributed by atoms with van der Waals surface area (Å²) in [6.07, 6.45) is -0.261. The van der Waals surface area contributed by atoms with Crippen LogP contribution in [-0.2, 0) is 4.74 Å². The second-order valence-electron chi connectivity index (χ2n) is 6.54. The number of halogens is 1. The first kappa shape index (κ1) is 18.1. The van der Waals surface area contributed by atoms with E-state index in [9.17, 15) is 0 Å². The minimum absolute atomic E-state index is 0.0551. The minimum Gasteiger partial charge on any atom is -0.482 e. The Balaban J connectivity index is 1.71. The molecular weight excluding hydrogens is 358 g/mol. The number of ether oxygens (including phenoxy) is 2. The van der Waals surface area contributed by atoms with E-state index in [1.54, 1.807) is 0 Å². The number of para-hydroxylation sites is 1. The van der Waals surface area contributed by atoms with Gasteiger partial charge in [0.2, 0.25) is 0 Å². The molecule has 3 aromatic carbocycles. The molecule has 1 aliphatic heterocycles. The van der Waals surface area contributed by atoms with Gasteiger partial charge in [0.25, 0.3) is 0 Å². The van der Waals surface area contributed by atoms with Crippen LogP contribution in [0.5, 0.6) is 5.75 Å². The van der Waals surface area contributed by atoms with Crippen LogP contribution in [0.25, 0.3) is 11.1 Å². The molecule has 0 radical (unpaired) electrons. The molecule has 1 saturated heterocycles. The second kappa shape index (κ2) is 8.57. The summed E-state index contributed by atoms with van der Waals surface area (Å²) in [4.78, 5) is 0. The molecule has 0 unspecified atom stereocenters. The summed E-state index contributed by atoms with van der Waals surface area (Å²) >= 11 is 6.44. The third kappa shape index (κ3) is 4.16. The monoisotopic (exact) mass is 379 g/mol. The van der Waals surface area contributed by atoms with Gasteiger partial charge >= 0.3 is 0 Å². The molecule has 27 heavy (non-hydrogen) atoms. The molecule has 1 aliphatic rings. The number of benzene rings is 3. The molecule has 3 aromatic rings. The molecule has 3 nitrogen and oxygen atoms in total. The molecular formula is C23H22ClNO2. The molecule has 0 aliphatic carbocycles. The Hall–Kier alpha value is -2.33. The van der Waals surface area contributed by atoms with E-state index in [0.29, 0.717) is 11.6 Å². The van der Waals surface area contributed by atoms with Crippen molar-refractivity contribution in [2.75, 3.05) is 19.7 Å². The highest BCUT2D eigenvalue weighted by Gasteiger charge is 2.28. The van der Waals surface area contributed by atoms with Crippen molar-refractivity contribution in [1.82, 2.24) is 5.32 Å². The van der Waals surface area contributed by atoms with Crippen LogP contribution >= 0.6 is 11.6 Å². The third-order valence-electron chi connectivity index (χ3n) is 4.73. The number of nitrogens with one attached hydrogen (secondary N) is 1. The van der Waals surface area contributed by atoms with Gasteiger partial charge in [0.1, 0.15) is 11.9 Å². The Morgan fingerprint density at radius 2 is 1.59 bits per heavy atom. The van der Waals surface area contributed by atoms with E-state index in [2.05, 4.69) is 17.4 Å². The maximum absolute atomic E-state index is 6.56. The van der Waals surface area contributed by atoms with Gasteiger partial charge in [-0.3, -0.25) is 0 Å². The van der Waals surface area contributed by atoms with Crippen LogP contribution in [-0.4, -0.2) is 25.8 Å². The van der Waals surface area contributed by atoms with Crippen LogP contribution in [0.15, 0.2) is 78.9 Å². The molecule has 0 aromatic heterocycles. The summed E-state index contributed by atoms with van der Waals surface area (Å²) in [6, 6.07) is 26.1. The first-order chi connectivity index (χ1) is 13.3. The summed E-state index contributed by atoms with van der Waals surface area (Å²) in [5, 5.41) is 4.11. The van der Waals surface area contributed by atoms with Crippen molar-refractivity contribution in [1.29, 1.82) is 0 Å². The first-order valence-electron chi connectivity index (χ1n) is 9.21. The largest absolute Gasteiger partial charge is 0.482 e. The summed E-state index contributed by atoms with van der Waals surface area (Å²) in [5.74, 6) is 0.800. The van der Waals surface area contributed by atoms with Crippen LogP contribution in [0.3, 0.4) is 0 Å². The van der Waals surface area contributed by atoms with Crippen LogP contribution in [0, 0.1) is 0 Å². The highest BCUT2D eigenvalue weighted by molar-refractivity contribution is 6.33. The van der Waals surface area contributed by atoms with Crippen LogP contribution in [0.4, 0.5) is 0 Å². The maximum Gasteiger partial charge on any atom is 0.151 e. The maximum atomic E-state index is 6.56. The average Bonchev–Trinajstić information content (AvgIpc) is 2.74. The number of hydrogen-bond donors (Lipinski definition) is 1. The SMILES string of the molecule is Clc1ccccc1-c1ccccc1O[C@@H](c1ccccc1)[C@@H]1CNCCO1. The van der Waals surface area contributed by atoms with Gasteiger partial charge in [0, 0.05) is 29.2 Å². The predicted molar refractivity (Wildman–Crippen MR) is 109 cm³/mol. The lowest BCUT2D eigenvalue weighted by atomic mass is 10.0. The number of morpholine rings is 1. The predicted octanol–water partition coefficient (Wildman–Crippen LogP) is 5.12. The van der Waals surface area contributed by atoms with E-state index in [-0.39, 0.29) is 12.2 Å². The van der Waals surface area contributed by atoms with E-state index in [0.717, 1.165) is 35.5 Å². The summed E-state index contributed by atoms with van der Waals surface area (Å²) in [7, 11) is 0. The fourth-order valence-corrected chi connectivity index (χ4v) is 3.63. The van der Waals surface area contributed by atoms with E-state index >= 15 is 0 Å². The number of rotatable bonds is 5. The first-order valence-corrected chi connectivity index (χ1v) is 9.58. The van der Waals surface area contributed by atoms with Crippen molar-refractivity contribution < 1.29 is 9.47 Å². The van der Waals surface area contributed by atoms with Crippen molar-refractivity contribution in [3.8, 4) is 16.9 Å². The van der Waals surface area contributed by atoms with Gasteiger partial charge in [-0.25, -0.2) is 0 Å². The van der Waals surface area contributed by atoms with Crippen molar-refractivity contribution in [3.05, 3.63) is 89.4 Å². The molecule has 0 amide bonds. The highest BCUT2D eigenvalue weighted by atomic mass is 35.5. The molecule has 138 valence electrons. The lowest BCUT2D eigenvalue weighted by molar-refractivity contribution is -0.0430. The standard InChI is InChI=1S/C23H22ClNO2/c24-20-12-6-4-10-18(20)19-11-5-7-13-21(19)27-23(17-8-2-1-3-9-17)22-16-25-14-15-26-22/h1-13,22-23,25H,14-16H2/t22-,23-/m0/s1. The average molecular weight is 380 g/mol. The van der Waals surface area contributed by atoms with Gasteiger partial charge in [-0.1, -0.05) is 78.3 Å². The normalized spacial score (nSPS) is 18.0. The Labute approximate surface area is 164 Å². The Morgan fingerprint density at radius 1 is 0.889 bits per heavy atom. The minimum atomic E-state index is -0.206. The van der Waals surface area contributed by atoms with Crippen LogP contribution < -0.4 is 10.1 Å². The summed E-state index contributed by atoms with van der Waals surface area (Å²) in [5.41, 5.74) is 3.04. The third-order valence-corrected chi connectivity index (χ3v) is 5.06. The molecule has 4 rings (SSSR count). The molecule has 0 bridgehead atoms. The van der Waals surface area contributed by atoms with Gasteiger partial charge in [0.05, 0.1) is 6.61 Å². The van der Waals surface area contributed by atoms with Crippen molar-refractivity contribution in [3.63, 3.8) is 0 Å². The molecule has 1 heterocycles. The molecule has 2 atom stereocenters. The van der Waals surface area contributed by atoms with Crippen molar-refractivity contribution in [2.45, 2.75) is 12.2 Å². The summed E-state index contributed by atoms with van der Waals surface area (Å²) in [6.45, 7) is 2.31. The van der Waals surface area contributed by atoms with Crippen molar-refractivity contribution >= 4 is 11.6 Å². The van der Waals surface area contributed by atoms with E-state index in [4.69, 9.17) is 21.1 Å². The van der Waals surface area contributed by atoms with Gasteiger partial charge in [-0.15, -0.1) is 0 Å². The Bertz CT molecular complexity index is 878. The molecule has 0 spiro atoms. The van der Waals surface area contributed by atoms with E-state index < -0.39 is 0 Å².